The number of fused-ring (bicyclic) bond motifs is 1. The Labute approximate surface area is 154 Å². The first-order valence-corrected chi connectivity index (χ1v) is 9.07. The van der Waals surface area contributed by atoms with Gasteiger partial charge in [-0.3, -0.25) is 10.1 Å². The van der Waals surface area contributed by atoms with E-state index in [1.54, 1.807) is 0 Å². The largest absolute Gasteiger partial charge is 0.403 e. The van der Waals surface area contributed by atoms with Crippen LogP contribution in [0.4, 0.5) is 6.01 Å². The fraction of sp³-hybridized carbons (Fsp3) is 0.0500. The van der Waals surface area contributed by atoms with Crippen molar-refractivity contribution in [1.29, 1.82) is 0 Å². The van der Waals surface area contributed by atoms with E-state index in [1.807, 2.05) is 48.5 Å². The fourth-order valence-corrected chi connectivity index (χ4v) is 3.28. The van der Waals surface area contributed by atoms with Gasteiger partial charge in [0, 0.05) is 10.5 Å². The molecule has 0 aliphatic heterocycles. The van der Waals surface area contributed by atoms with Crippen molar-refractivity contribution >= 4 is 34.5 Å². The third-order valence-corrected chi connectivity index (χ3v) is 4.78. The highest BCUT2D eigenvalue weighted by Gasteiger charge is 2.11. The summed E-state index contributed by atoms with van der Waals surface area (Å²) < 4.78 is 5.49. The van der Waals surface area contributed by atoms with Crippen LogP contribution in [0.5, 0.6) is 0 Å². The van der Waals surface area contributed by atoms with E-state index in [-0.39, 0.29) is 17.7 Å². The van der Waals surface area contributed by atoms with Crippen molar-refractivity contribution < 1.29 is 9.21 Å². The number of benzene rings is 3. The molecule has 0 fully saturated rings. The molecular formula is C20H15N3O2S. The highest BCUT2D eigenvalue weighted by atomic mass is 32.2. The molecule has 0 unspecified atom stereocenters. The number of carbonyl (C=O) groups excluding carboxylic acids is 1. The summed E-state index contributed by atoms with van der Waals surface area (Å²) in [5.74, 6) is 0.455. The zero-order valence-corrected chi connectivity index (χ0v) is 14.6. The number of anilines is 1. The second kappa shape index (κ2) is 7.41. The predicted octanol–water partition coefficient (Wildman–Crippen LogP) is 4.62. The second-order valence-corrected chi connectivity index (χ2v) is 6.67. The van der Waals surface area contributed by atoms with Gasteiger partial charge in [0.25, 0.3) is 0 Å². The summed E-state index contributed by atoms with van der Waals surface area (Å²) in [6.45, 7) is 0. The lowest BCUT2D eigenvalue weighted by Gasteiger charge is -2.03. The molecule has 0 saturated heterocycles. The van der Waals surface area contributed by atoms with Crippen LogP contribution in [0.25, 0.3) is 22.2 Å². The van der Waals surface area contributed by atoms with Crippen molar-refractivity contribution in [2.75, 3.05) is 11.1 Å². The van der Waals surface area contributed by atoms with E-state index in [0.29, 0.717) is 5.89 Å². The lowest BCUT2D eigenvalue weighted by molar-refractivity contribution is -0.113. The van der Waals surface area contributed by atoms with E-state index in [2.05, 4.69) is 39.8 Å². The molecule has 0 spiro atoms. The first-order chi connectivity index (χ1) is 12.8. The molecule has 3 aromatic carbocycles. The van der Waals surface area contributed by atoms with Crippen LogP contribution in [0, 0.1) is 0 Å². The average Bonchev–Trinajstić information content (AvgIpc) is 3.15. The lowest BCUT2D eigenvalue weighted by Crippen LogP contribution is -2.14. The maximum atomic E-state index is 12.1. The van der Waals surface area contributed by atoms with Gasteiger partial charge in [0.2, 0.25) is 11.8 Å². The van der Waals surface area contributed by atoms with Gasteiger partial charge in [-0.05, 0) is 35.0 Å². The monoisotopic (exact) mass is 361 g/mol. The number of nitrogens with one attached hydrogen (secondary N) is 1. The third kappa shape index (κ3) is 3.75. The first-order valence-electron chi connectivity index (χ1n) is 8.08. The van der Waals surface area contributed by atoms with E-state index < -0.39 is 0 Å². The zero-order valence-electron chi connectivity index (χ0n) is 13.8. The van der Waals surface area contributed by atoms with Gasteiger partial charge < -0.3 is 4.42 Å². The molecule has 1 heterocycles. The Morgan fingerprint density at radius 2 is 1.69 bits per heavy atom. The Morgan fingerprint density at radius 3 is 2.54 bits per heavy atom. The summed E-state index contributed by atoms with van der Waals surface area (Å²) in [6, 6.07) is 23.8. The topological polar surface area (TPSA) is 68.0 Å². The molecule has 4 rings (SSSR count). The minimum absolute atomic E-state index is 0.105. The molecule has 5 nitrogen and oxygen atoms in total. The molecule has 4 aromatic rings. The Bertz CT molecular complexity index is 1050. The van der Waals surface area contributed by atoms with E-state index in [0.717, 1.165) is 15.8 Å². The summed E-state index contributed by atoms with van der Waals surface area (Å²) in [5, 5.41) is 12.8. The lowest BCUT2D eigenvalue weighted by atomic mass is 10.1. The van der Waals surface area contributed by atoms with E-state index in [9.17, 15) is 4.79 Å². The number of rotatable bonds is 5. The summed E-state index contributed by atoms with van der Waals surface area (Å²) in [7, 11) is 0. The van der Waals surface area contributed by atoms with Crippen molar-refractivity contribution in [2.45, 2.75) is 4.90 Å². The maximum absolute atomic E-state index is 12.1. The number of hydrogen-bond donors (Lipinski definition) is 1. The van der Waals surface area contributed by atoms with Crippen LogP contribution in [-0.4, -0.2) is 21.9 Å². The number of hydrogen-bond acceptors (Lipinski definition) is 5. The minimum atomic E-state index is -0.188. The predicted molar refractivity (Wildman–Crippen MR) is 103 cm³/mol. The first kappa shape index (κ1) is 16.4. The van der Waals surface area contributed by atoms with Crippen molar-refractivity contribution in [3.63, 3.8) is 0 Å². The molecule has 6 heteroatoms. The van der Waals surface area contributed by atoms with Gasteiger partial charge in [-0.25, -0.2) is 0 Å². The molecule has 128 valence electrons. The number of aromatic nitrogens is 2. The van der Waals surface area contributed by atoms with Crippen LogP contribution >= 0.6 is 11.8 Å². The highest BCUT2D eigenvalue weighted by Crippen LogP contribution is 2.24. The Morgan fingerprint density at radius 1 is 0.923 bits per heavy atom. The Kier molecular flexibility index (Phi) is 4.66. The van der Waals surface area contributed by atoms with Crippen molar-refractivity contribution in [1.82, 2.24) is 10.2 Å². The molecule has 1 N–H and O–H groups in total. The number of thioether (sulfide) groups is 1. The molecule has 0 atom stereocenters. The van der Waals surface area contributed by atoms with Crippen LogP contribution in [0.1, 0.15) is 0 Å². The number of carbonyl (C=O) groups is 1. The van der Waals surface area contributed by atoms with Gasteiger partial charge in [0.1, 0.15) is 0 Å². The highest BCUT2D eigenvalue weighted by molar-refractivity contribution is 8.00. The summed E-state index contributed by atoms with van der Waals surface area (Å²) in [6.07, 6.45) is 0. The molecule has 0 aliphatic rings. The Balaban J connectivity index is 1.37. The Hall–Kier alpha value is -3.12. The van der Waals surface area contributed by atoms with Crippen LogP contribution in [0.15, 0.2) is 82.1 Å². The van der Waals surface area contributed by atoms with Crippen LogP contribution < -0.4 is 5.32 Å². The van der Waals surface area contributed by atoms with Gasteiger partial charge in [0.05, 0.1) is 5.75 Å². The normalized spacial score (nSPS) is 10.8. The quantitative estimate of drug-likeness (QED) is 0.525. The van der Waals surface area contributed by atoms with E-state index in [1.165, 1.54) is 17.1 Å². The summed E-state index contributed by atoms with van der Waals surface area (Å²) >= 11 is 1.46. The van der Waals surface area contributed by atoms with Crippen LogP contribution in [-0.2, 0) is 4.79 Å². The van der Waals surface area contributed by atoms with Gasteiger partial charge in [-0.2, -0.15) is 0 Å². The molecule has 1 aromatic heterocycles. The third-order valence-electron chi connectivity index (χ3n) is 3.78. The maximum Gasteiger partial charge on any atom is 0.322 e. The molecule has 0 saturated carbocycles. The zero-order chi connectivity index (χ0) is 17.8. The molecule has 1 amide bonds. The standard InChI is InChI=1S/C20H15N3O2S/c24-18(13-26-17-11-10-14-6-4-5-9-16(14)12-17)21-20-23-22-19(25-20)15-7-2-1-3-8-15/h1-12H,13H2,(H,21,23,24). The molecule has 0 aliphatic carbocycles. The second-order valence-electron chi connectivity index (χ2n) is 5.62. The van der Waals surface area contributed by atoms with Gasteiger partial charge in [-0.1, -0.05) is 53.6 Å². The van der Waals surface area contributed by atoms with Gasteiger partial charge >= 0.3 is 6.01 Å². The van der Waals surface area contributed by atoms with Gasteiger partial charge in [-0.15, -0.1) is 16.9 Å². The van der Waals surface area contributed by atoms with E-state index >= 15 is 0 Å². The van der Waals surface area contributed by atoms with Crippen LogP contribution in [0.2, 0.25) is 0 Å². The number of nitrogens with zero attached hydrogens (tertiary/aromatic N) is 2. The van der Waals surface area contributed by atoms with Crippen molar-refractivity contribution in [3.8, 4) is 11.5 Å². The van der Waals surface area contributed by atoms with Crippen LogP contribution in [0.3, 0.4) is 0 Å². The van der Waals surface area contributed by atoms with Gasteiger partial charge in [0.15, 0.2) is 0 Å². The van der Waals surface area contributed by atoms with E-state index in [4.69, 9.17) is 4.42 Å². The number of amides is 1. The molecule has 0 radical (unpaired) electrons. The van der Waals surface area contributed by atoms with Crippen molar-refractivity contribution in [3.05, 3.63) is 72.8 Å². The van der Waals surface area contributed by atoms with Crippen molar-refractivity contribution in [2.24, 2.45) is 0 Å². The molecule has 0 bridgehead atoms. The summed E-state index contributed by atoms with van der Waals surface area (Å²) in [5.41, 5.74) is 0.811. The smallest absolute Gasteiger partial charge is 0.322 e. The SMILES string of the molecule is O=C(CSc1ccc2ccccc2c1)Nc1nnc(-c2ccccc2)o1. The minimum Gasteiger partial charge on any atom is -0.403 e. The fourth-order valence-electron chi connectivity index (χ4n) is 2.53. The average molecular weight is 361 g/mol. The molecule has 26 heavy (non-hydrogen) atoms. The summed E-state index contributed by atoms with van der Waals surface area (Å²) in [4.78, 5) is 13.2. The molecular weight excluding hydrogens is 346 g/mol.